The molecule has 0 amide bonds. The van der Waals surface area contributed by atoms with Gasteiger partial charge in [0.15, 0.2) is 5.72 Å². The molecule has 1 heterocycles. The third kappa shape index (κ3) is 1.56. The first-order valence-corrected chi connectivity index (χ1v) is 5.89. The maximum absolute atomic E-state index is 5.70. The fourth-order valence-corrected chi connectivity index (χ4v) is 2.41. The molecule has 0 spiro atoms. The Balaban J connectivity index is 2.19. The van der Waals surface area contributed by atoms with Crippen molar-refractivity contribution in [1.82, 2.24) is 15.0 Å². The van der Waals surface area contributed by atoms with Crippen LogP contribution in [0.1, 0.15) is 19.3 Å². The van der Waals surface area contributed by atoms with Crippen molar-refractivity contribution in [3.63, 3.8) is 0 Å². The third-order valence-electron chi connectivity index (χ3n) is 3.35. The molecule has 0 N–H and O–H groups in total. The molecule has 88 valence electrons. The second-order valence-electron chi connectivity index (χ2n) is 4.33. The van der Waals surface area contributed by atoms with E-state index >= 15 is 0 Å². The van der Waals surface area contributed by atoms with E-state index < -0.39 is 5.72 Å². The van der Waals surface area contributed by atoms with Gasteiger partial charge in [0.25, 0.3) is 0 Å². The van der Waals surface area contributed by atoms with Crippen molar-refractivity contribution in [2.24, 2.45) is 0 Å². The molecule has 0 radical (unpaired) electrons. The Morgan fingerprint density at radius 2 is 2.24 bits per heavy atom. The number of para-hydroxylation sites is 1. The molecule has 17 heavy (non-hydrogen) atoms. The summed E-state index contributed by atoms with van der Waals surface area (Å²) in [5.74, 6) is 0. The van der Waals surface area contributed by atoms with Gasteiger partial charge < -0.3 is 4.74 Å². The summed E-state index contributed by atoms with van der Waals surface area (Å²) in [6.07, 6.45) is 7.41. The lowest BCUT2D eigenvalue weighted by molar-refractivity contribution is -0.0534. The zero-order valence-corrected chi connectivity index (χ0v) is 9.84. The van der Waals surface area contributed by atoms with Gasteiger partial charge >= 0.3 is 0 Å². The highest BCUT2D eigenvalue weighted by atomic mass is 16.5. The van der Waals surface area contributed by atoms with Gasteiger partial charge in [0.2, 0.25) is 0 Å². The molecule has 1 aliphatic rings. The van der Waals surface area contributed by atoms with Crippen LogP contribution >= 0.6 is 0 Å². The van der Waals surface area contributed by atoms with Crippen LogP contribution in [0, 0.1) is 0 Å². The lowest BCUT2D eigenvalue weighted by Gasteiger charge is -2.32. The van der Waals surface area contributed by atoms with E-state index in [2.05, 4.69) is 22.5 Å². The number of nitrogens with zero attached hydrogens (tertiary/aromatic N) is 3. The maximum atomic E-state index is 5.70. The molecule has 0 saturated heterocycles. The molecule has 1 unspecified atom stereocenters. The predicted octanol–water partition coefficient (Wildman–Crippen LogP) is 2.47. The van der Waals surface area contributed by atoms with Gasteiger partial charge in [-0.15, -0.1) is 5.10 Å². The van der Waals surface area contributed by atoms with Gasteiger partial charge in [-0.05, 0) is 31.1 Å². The molecule has 1 aliphatic carbocycles. The molecular weight excluding hydrogens is 214 g/mol. The topological polar surface area (TPSA) is 39.9 Å². The lowest BCUT2D eigenvalue weighted by atomic mass is 9.98. The minimum absolute atomic E-state index is 0.464. The van der Waals surface area contributed by atoms with Gasteiger partial charge in [0.05, 0.1) is 5.52 Å². The predicted molar refractivity (Wildman–Crippen MR) is 65.5 cm³/mol. The number of hydrogen-bond acceptors (Lipinski definition) is 3. The molecule has 0 bridgehead atoms. The summed E-state index contributed by atoms with van der Waals surface area (Å²) in [5.41, 5.74) is 1.46. The summed E-state index contributed by atoms with van der Waals surface area (Å²) < 4.78 is 7.59. The number of benzene rings is 1. The van der Waals surface area contributed by atoms with Crippen molar-refractivity contribution < 1.29 is 4.74 Å². The Kier molecular flexibility index (Phi) is 2.44. The second kappa shape index (κ2) is 3.96. The van der Waals surface area contributed by atoms with Crippen LogP contribution in [0.15, 0.2) is 36.4 Å². The summed E-state index contributed by atoms with van der Waals surface area (Å²) in [4.78, 5) is 0. The summed E-state index contributed by atoms with van der Waals surface area (Å²) in [5, 5.41) is 8.44. The maximum Gasteiger partial charge on any atom is 0.181 e. The highest BCUT2D eigenvalue weighted by Crippen LogP contribution is 2.32. The number of aromatic nitrogens is 3. The van der Waals surface area contributed by atoms with E-state index in [1.54, 1.807) is 7.11 Å². The standard InChI is InChI=1S/C13H15N3O/c1-17-13(9-5-2-6-10-13)16-12-8-4-3-7-11(12)14-15-16/h3-5,7-9H,2,6,10H2,1H3. The molecule has 2 aromatic rings. The number of hydrogen-bond donors (Lipinski definition) is 0. The Morgan fingerprint density at radius 3 is 3.00 bits per heavy atom. The minimum Gasteiger partial charge on any atom is -0.353 e. The van der Waals surface area contributed by atoms with Gasteiger partial charge in [0, 0.05) is 13.5 Å². The molecule has 4 heteroatoms. The second-order valence-corrected chi connectivity index (χ2v) is 4.33. The van der Waals surface area contributed by atoms with E-state index in [1.807, 2.05) is 28.9 Å². The van der Waals surface area contributed by atoms with Gasteiger partial charge in [-0.1, -0.05) is 23.4 Å². The van der Waals surface area contributed by atoms with Crippen molar-refractivity contribution >= 4 is 11.0 Å². The van der Waals surface area contributed by atoms with E-state index in [4.69, 9.17) is 4.74 Å². The lowest BCUT2D eigenvalue weighted by Crippen LogP contribution is -2.36. The number of fused-ring (bicyclic) bond motifs is 1. The number of allylic oxidation sites excluding steroid dienone is 1. The van der Waals surface area contributed by atoms with Crippen LogP contribution in [0.3, 0.4) is 0 Å². The zero-order chi connectivity index (χ0) is 11.7. The summed E-state index contributed by atoms with van der Waals surface area (Å²) in [7, 11) is 1.73. The monoisotopic (exact) mass is 229 g/mol. The zero-order valence-electron chi connectivity index (χ0n) is 9.84. The average Bonchev–Trinajstić information content (AvgIpc) is 2.84. The van der Waals surface area contributed by atoms with Crippen molar-refractivity contribution in [1.29, 1.82) is 0 Å². The Morgan fingerprint density at radius 1 is 1.35 bits per heavy atom. The first-order chi connectivity index (χ1) is 8.36. The van der Waals surface area contributed by atoms with Crippen molar-refractivity contribution in [2.75, 3.05) is 7.11 Å². The first-order valence-electron chi connectivity index (χ1n) is 5.89. The van der Waals surface area contributed by atoms with Gasteiger partial charge in [-0.25, -0.2) is 4.68 Å². The Labute approximate surface area is 99.9 Å². The van der Waals surface area contributed by atoms with Crippen molar-refractivity contribution in [2.45, 2.75) is 25.0 Å². The van der Waals surface area contributed by atoms with Crippen LogP contribution in [0.25, 0.3) is 11.0 Å². The molecule has 0 fully saturated rings. The fourth-order valence-electron chi connectivity index (χ4n) is 2.41. The van der Waals surface area contributed by atoms with E-state index in [9.17, 15) is 0 Å². The molecule has 4 nitrogen and oxygen atoms in total. The largest absolute Gasteiger partial charge is 0.353 e. The normalized spacial score (nSPS) is 24.3. The first kappa shape index (κ1) is 10.5. The average molecular weight is 229 g/mol. The quantitative estimate of drug-likeness (QED) is 0.743. The van der Waals surface area contributed by atoms with Crippen LogP contribution in [-0.4, -0.2) is 22.1 Å². The Hall–Kier alpha value is -1.68. The highest BCUT2D eigenvalue weighted by molar-refractivity contribution is 5.74. The molecule has 1 aromatic carbocycles. The van der Waals surface area contributed by atoms with Crippen molar-refractivity contribution in [3.05, 3.63) is 36.4 Å². The minimum atomic E-state index is -0.464. The van der Waals surface area contributed by atoms with Gasteiger partial charge in [-0.2, -0.15) is 0 Å². The summed E-state index contributed by atoms with van der Waals surface area (Å²) >= 11 is 0. The van der Waals surface area contributed by atoms with Crippen LogP contribution in [-0.2, 0) is 10.5 Å². The smallest absolute Gasteiger partial charge is 0.181 e. The Bertz CT molecular complexity index is 561. The van der Waals surface area contributed by atoms with E-state index in [0.717, 1.165) is 30.3 Å². The summed E-state index contributed by atoms with van der Waals surface area (Å²) in [6.45, 7) is 0. The SMILES string of the molecule is COC1(n2nnc3ccccc32)C=CCCC1. The van der Waals surface area contributed by atoms with Gasteiger partial charge in [0.1, 0.15) is 5.52 Å². The van der Waals surface area contributed by atoms with E-state index in [0.29, 0.717) is 0 Å². The molecule has 1 aromatic heterocycles. The van der Waals surface area contributed by atoms with Crippen molar-refractivity contribution in [3.8, 4) is 0 Å². The third-order valence-corrected chi connectivity index (χ3v) is 3.35. The summed E-state index contributed by atoms with van der Waals surface area (Å²) in [6, 6.07) is 7.96. The molecule has 0 aliphatic heterocycles. The molecule has 1 atom stereocenters. The fraction of sp³-hybridized carbons (Fsp3) is 0.385. The van der Waals surface area contributed by atoms with Crippen LogP contribution in [0.4, 0.5) is 0 Å². The van der Waals surface area contributed by atoms with E-state index in [-0.39, 0.29) is 0 Å². The molecule has 0 saturated carbocycles. The number of rotatable bonds is 2. The van der Waals surface area contributed by atoms with Crippen LogP contribution in [0.5, 0.6) is 0 Å². The number of methoxy groups -OCH3 is 1. The highest BCUT2D eigenvalue weighted by Gasteiger charge is 2.32. The van der Waals surface area contributed by atoms with Gasteiger partial charge in [-0.3, -0.25) is 0 Å². The van der Waals surface area contributed by atoms with E-state index in [1.165, 1.54) is 0 Å². The molecular formula is C13H15N3O. The number of ether oxygens (including phenoxy) is 1. The molecule has 3 rings (SSSR count). The van der Waals surface area contributed by atoms with Crippen LogP contribution in [0.2, 0.25) is 0 Å². The van der Waals surface area contributed by atoms with Crippen LogP contribution < -0.4 is 0 Å².